The molecule has 0 aromatic heterocycles. The van der Waals surface area contributed by atoms with Gasteiger partial charge in [0.2, 0.25) is 0 Å². The van der Waals surface area contributed by atoms with Crippen molar-refractivity contribution in [3.8, 4) is 23.0 Å². The number of phenols is 4. The third kappa shape index (κ3) is 7.37. The number of hydrogen-bond donors (Lipinski definition) is 4. The second-order valence-electron chi connectivity index (χ2n) is 23.5. The molecule has 10 aliphatic carbocycles. The first kappa shape index (κ1) is 40.9. The fraction of sp³-hybridized carbons (Fsp3) is 0.769. The van der Waals surface area contributed by atoms with Crippen LogP contribution in [0.1, 0.15) is 177 Å². The highest BCUT2D eigenvalue weighted by atomic mass is 17.0. The van der Waals surface area contributed by atoms with Gasteiger partial charge in [0.15, 0.2) is 13.2 Å². The molecule has 8 bridgehead atoms. The summed E-state index contributed by atoms with van der Waals surface area (Å²) in [5.74, 6) is 7.16. The van der Waals surface area contributed by atoms with Crippen LogP contribution in [0.2, 0.25) is 0 Å². The summed E-state index contributed by atoms with van der Waals surface area (Å²) in [5, 5.41) is 47.1. The molecule has 60 heavy (non-hydrogen) atoms. The summed E-state index contributed by atoms with van der Waals surface area (Å²) >= 11 is 0. The lowest BCUT2D eigenvalue weighted by Crippen LogP contribution is -2.48. The number of aromatic hydroxyl groups is 4. The molecule has 4 N–H and O–H groups in total. The molecule has 0 aliphatic heterocycles. The van der Waals surface area contributed by atoms with Gasteiger partial charge in [0, 0.05) is 23.0 Å². The molecule has 0 unspecified atom stereocenters. The normalized spacial score (nSPS) is 40.4. The molecule has 0 saturated heterocycles. The molecule has 10 aliphatic rings. The van der Waals surface area contributed by atoms with Crippen molar-refractivity contribution in [2.45, 2.75) is 166 Å². The summed E-state index contributed by atoms with van der Waals surface area (Å²) < 4.78 is 0. The smallest absolute Gasteiger partial charge is 0.477 e. The van der Waals surface area contributed by atoms with Crippen LogP contribution in [0.5, 0.6) is 23.0 Å². The van der Waals surface area contributed by atoms with Crippen LogP contribution in [0.4, 0.5) is 0 Å². The van der Waals surface area contributed by atoms with E-state index in [0.717, 1.165) is 85.2 Å². The van der Waals surface area contributed by atoms with Crippen molar-refractivity contribution in [1.29, 1.82) is 0 Å². The van der Waals surface area contributed by atoms with Crippen LogP contribution >= 0.6 is 0 Å². The van der Waals surface area contributed by atoms with Gasteiger partial charge >= 0.3 is 5.09 Å². The maximum Gasteiger partial charge on any atom is 0.477 e. The summed E-state index contributed by atoms with van der Waals surface area (Å²) in [6.45, 7) is 9.39. The Morgan fingerprint density at radius 2 is 0.817 bits per heavy atom. The highest BCUT2D eigenvalue weighted by Crippen LogP contribution is 2.64. The summed E-state index contributed by atoms with van der Waals surface area (Å²) in [4.78, 5) is 24.6. The molecular weight excluding hydrogens is 751 g/mol. The molecule has 8 nitrogen and oxygen atoms in total. The first-order chi connectivity index (χ1) is 28.7. The van der Waals surface area contributed by atoms with E-state index in [1.165, 1.54) is 77.0 Å². The second-order valence-corrected chi connectivity index (χ2v) is 23.5. The predicted molar refractivity (Wildman–Crippen MR) is 232 cm³/mol. The molecule has 0 spiro atoms. The zero-order valence-electron chi connectivity index (χ0n) is 37.0. The zero-order valence-corrected chi connectivity index (χ0v) is 37.0. The Bertz CT molecular complexity index is 1680. The van der Waals surface area contributed by atoms with Gasteiger partial charge in [-0.15, -0.1) is 0 Å². The molecule has 12 rings (SSSR count). The van der Waals surface area contributed by atoms with Gasteiger partial charge in [-0.1, -0.05) is 27.7 Å². The van der Waals surface area contributed by atoms with Gasteiger partial charge in [0.25, 0.3) is 0 Å². The van der Waals surface area contributed by atoms with Gasteiger partial charge in [0.1, 0.15) is 27.9 Å². The van der Waals surface area contributed by atoms with Crippen molar-refractivity contribution in [2.24, 2.45) is 71.0 Å². The van der Waals surface area contributed by atoms with Crippen LogP contribution in [-0.4, -0.2) is 38.7 Å². The van der Waals surface area contributed by atoms with E-state index in [0.29, 0.717) is 39.9 Å². The van der Waals surface area contributed by atoms with E-state index in [9.17, 15) is 25.3 Å². The van der Waals surface area contributed by atoms with E-state index >= 15 is 0 Å². The number of benzene rings is 2. The highest BCUT2D eigenvalue weighted by Gasteiger charge is 2.54. The molecular formula is C52H74NO7+. The SMILES string of the molecule is CC(C)[C@@H]1CC[C@@H](CO[N+](=O)OC[C@@H]2CC[C@@H](C(C)C)[C@H](c3c(O)cc(C45CC6CC(CC(C6)C4)C5)cc3O)C2)C[C@H]1c1c(O)cc(C23CC4CC(CC(C4)C2)C3)cc1O. The molecule has 0 radical (unpaired) electrons. The van der Waals surface area contributed by atoms with Gasteiger partial charge in [0.05, 0.1) is 0 Å². The molecule has 328 valence electrons. The first-order valence-corrected chi connectivity index (χ1v) is 24.6. The molecule has 8 heteroatoms. The van der Waals surface area contributed by atoms with Crippen molar-refractivity contribution < 1.29 is 35.2 Å². The van der Waals surface area contributed by atoms with Crippen molar-refractivity contribution in [2.75, 3.05) is 13.2 Å². The number of nitrogens with zero attached hydrogens (tertiary/aromatic N) is 1. The van der Waals surface area contributed by atoms with Crippen LogP contribution < -0.4 is 0 Å². The zero-order chi connectivity index (χ0) is 41.7. The van der Waals surface area contributed by atoms with Gasteiger partial charge in [-0.2, -0.15) is 9.68 Å². The highest BCUT2D eigenvalue weighted by molar-refractivity contribution is 5.53. The minimum absolute atomic E-state index is 0.0266. The largest absolute Gasteiger partial charge is 0.508 e. The summed E-state index contributed by atoms with van der Waals surface area (Å²) in [7, 11) is 0. The lowest BCUT2D eigenvalue weighted by atomic mass is 9.48. The summed E-state index contributed by atoms with van der Waals surface area (Å²) in [6.07, 6.45) is 20.4. The summed E-state index contributed by atoms with van der Waals surface area (Å²) in [5.41, 5.74) is 3.81. The maximum atomic E-state index is 13.1. The lowest BCUT2D eigenvalue weighted by molar-refractivity contribution is -0.982. The molecule has 2 aromatic carbocycles. The topological polar surface area (TPSA) is 119 Å². The number of rotatable bonds is 12. The average molecular weight is 825 g/mol. The average Bonchev–Trinajstić information content (AvgIpc) is 3.17. The minimum Gasteiger partial charge on any atom is -0.508 e. The Kier molecular flexibility index (Phi) is 10.6. The van der Waals surface area contributed by atoms with Gasteiger partial charge in [-0.25, -0.2) is 0 Å². The summed E-state index contributed by atoms with van der Waals surface area (Å²) in [6, 6.07) is 8.03. The molecule has 2 aromatic rings. The lowest BCUT2D eigenvalue weighted by Gasteiger charge is -2.57. The van der Waals surface area contributed by atoms with Crippen LogP contribution in [0.15, 0.2) is 24.3 Å². The van der Waals surface area contributed by atoms with E-state index in [2.05, 4.69) is 27.7 Å². The first-order valence-electron chi connectivity index (χ1n) is 24.6. The van der Waals surface area contributed by atoms with Crippen LogP contribution in [-0.2, 0) is 20.5 Å². The Labute approximate surface area is 358 Å². The molecule has 10 fully saturated rings. The Morgan fingerprint density at radius 3 is 1.10 bits per heavy atom. The quantitative estimate of drug-likeness (QED) is 0.157. The van der Waals surface area contributed by atoms with Gasteiger partial charge in [-0.05, 0) is 233 Å². The van der Waals surface area contributed by atoms with E-state index in [-0.39, 0.29) is 70.7 Å². The van der Waals surface area contributed by atoms with E-state index < -0.39 is 0 Å². The Balaban J connectivity index is 0.773. The maximum absolute atomic E-state index is 13.1. The van der Waals surface area contributed by atoms with E-state index in [4.69, 9.17) is 9.68 Å². The third-order valence-corrected chi connectivity index (χ3v) is 18.9. The Morgan fingerprint density at radius 1 is 0.517 bits per heavy atom. The predicted octanol–water partition coefficient (Wildman–Crippen LogP) is 12.1. The van der Waals surface area contributed by atoms with Gasteiger partial charge < -0.3 is 20.4 Å². The van der Waals surface area contributed by atoms with Crippen LogP contribution in [0.25, 0.3) is 0 Å². The van der Waals surface area contributed by atoms with Crippen LogP contribution in [0, 0.1) is 75.9 Å². The number of hydrogen-bond acceptors (Lipinski definition) is 7. The fourth-order valence-corrected chi connectivity index (χ4v) is 17.0. The standard InChI is InChI=1S/C52H73NO7/c1-29(2)41-7-5-31(15-43(41)49-45(54)17-39(18-46(49)55)51-21-33-9-34(22-51)11-35(10-33)23-51)27-59-53(58)60-28-32-6-8-42(30(3)4)44(16-32)50-47(56)19-40(20-48(50)57)52-24-36-12-37(25-52)14-38(13-36)26-52/h17-20,29-38,41-44H,5-16,21-28H2,1-4H3,(H3-,54,55,56,57)/p+1/t31-,32-,33?,34?,35?,36?,37?,38?,41+,42+,43-,44-,51?,52?/m1/s1. The molecule has 0 heterocycles. The van der Waals surface area contributed by atoms with E-state index in [1.807, 2.05) is 24.3 Å². The van der Waals surface area contributed by atoms with Crippen molar-refractivity contribution in [1.82, 2.24) is 0 Å². The van der Waals surface area contributed by atoms with Crippen molar-refractivity contribution in [3.05, 3.63) is 51.4 Å². The molecule has 0 amide bonds. The second kappa shape index (κ2) is 15.6. The van der Waals surface area contributed by atoms with E-state index in [1.54, 1.807) is 0 Å². The molecule has 6 atom stereocenters. The monoisotopic (exact) mass is 825 g/mol. The minimum atomic E-state index is -0.0266. The fourth-order valence-electron chi connectivity index (χ4n) is 17.0. The number of phenolic OH excluding ortho intramolecular Hbond substituents is 4. The molecule has 10 saturated carbocycles. The van der Waals surface area contributed by atoms with Crippen molar-refractivity contribution >= 4 is 0 Å². The van der Waals surface area contributed by atoms with Crippen molar-refractivity contribution in [3.63, 3.8) is 0 Å². The third-order valence-electron chi connectivity index (χ3n) is 18.9. The Hall–Kier alpha value is -3.16. The van der Waals surface area contributed by atoms with Gasteiger partial charge in [-0.3, -0.25) is 0 Å². The van der Waals surface area contributed by atoms with Crippen LogP contribution in [0.3, 0.4) is 0 Å².